The molecule has 0 atom stereocenters. The second kappa shape index (κ2) is 4.96. The van der Waals surface area contributed by atoms with E-state index >= 15 is 0 Å². The summed E-state index contributed by atoms with van der Waals surface area (Å²) in [5, 5.41) is 2.44. The van der Waals surface area contributed by atoms with Crippen molar-refractivity contribution >= 4 is 17.8 Å². The topological polar surface area (TPSA) is 81.7 Å². The smallest absolute Gasteiger partial charge is 0.408 e. The van der Waals surface area contributed by atoms with Gasteiger partial charge in [0.25, 0.3) is 0 Å². The molecule has 0 aliphatic heterocycles. The van der Waals surface area contributed by atoms with Gasteiger partial charge in [-0.1, -0.05) is 0 Å². The van der Waals surface area contributed by atoms with Gasteiger partial charge in [0.05, 0.1) is 6.61 Å². The van der Waals surface area contributed by atoms with Crippen LogP contribution in [0.25, 0.3) is 0 Å². The predicted octanol–water partition coefficient (Wildman–Crippen LogP) is 1.18. The van der Waals surface area contributed by atoms with Gasteiger partial charge in [-0.25, -0.2) is 9.59 Å². The van der Waals surface area contributed by atoms with Gasteiger partial charge in [0.15, 0.2) is 5.54 Å². The quantitative estimate of drug-likeness (QED) is 0.768. The van der Waals surface area contributed by atoms with Crippen molar-refractivity contribution in [2.75, 3.05) is 6.61 Å². The molecule has 0 heterocycles. The maximum atomic E-state index is 11.7. The first kappa shape index (κ1) is 14.5. The summed E-state index contributed by atoms with van der Waals surface area (Å²) in [6.07, 6.45) is -0.793. The second-order valence-corrected chi connectivity index (χ2v) is 5.32. The zero-order valence-electron chi connectivity index (χ0n) is 11.2. The summed E-state index contributed by atoms with van der Waals surface area (Å²) < 4.78 is 9.93. The number of alkyl carbamates (subject to hydrolysis) is 1. The molecule has 6 heteroatoms. The van der Waals surface area contributed by atoms with Gasteiger partial charge < -0.3 is 14.8 Å². The highest BCUT2D eigenvalue weighted by Gasteiger charge is 2.53. The average molecular weight is 257 g/mol. The van der Waals surface area contributed by atoms with Crippen molar-refractivity contribution < 1.29 is 23.9 Å². The van der Waals surface area contributed by atoms with Crippen molar-refractivity contribution in [3.05, 3.63) is 0 Å². The number of amides is 1. The van der Waals surface area contributed by atoms with Gasteiger partial charge in [-0.2, -0.15) is 0 Å². The van der Waals surface area contributed by atoms with Gasteiger partial charge in [-0.15, -0.1) is 0 Å². The minimum atomic E-state index is -1.24. The van der Waals surface area contributed by atoms with Gasteiger partial charge in [0.1, 0.15) is 11.4 Å². The Kier molecular flexibility index (Phi) is 3.98. The van der Waals surface area contributed by atoms with Crippen LogP contribution in [-0.2, 0) is 19.1 Å². The Hall–Kier alpha value is -1.59. The molecular weight excluding hydrogens is 238 g/mol. The summed E-state index contributed by atoms with van der Waals surface area (Å²) in [6.45, 7) is 7.02. The summed E-state index contributed by atoms with van der Waals surface area (Å²) in [5.74, 6) is -0.672. The number of carbonyl (C=O) groups excluding carboxylic acids is 3. The zero-order valence-corrected chi connectivity index (χ0v) is 11.2. The molecule has 102 valence electrons. The van der Waals surface area contributed by atoms with Crippen molar-refractivity contribution in [3.63, 3.8) is 0 Å². The number of ether oxygens (including phenoxy) is 2. The van der Waals surface area contributed by atoms with E-state index < -0.39 is 23.2 Å². The monoisotopic (exact) mass is 257 g/mol. The van der Waals surface area contributed by atoms with Crippen LogP contribution in [0.4, 0.5) is 4.79 Å². The van der Waals surface area contributed by atoms with E-state index in [-0.39, 0.29) is 25.2 Å². The number of carbonyl (C=O) groups is 3. The normalized spacial score (nSPS) is 17.7. The molecule has 6 nitrogen and oxygen atoms in total. The highest BCUT2D eigenvalue weighted by molar-refractivity contribution is 6.02. The highest BCUT2D eigenvalue weighted by atomic mass is 16.6. The third-order valence-electron chi connectivity index (χ3n) is 2.40. The van der Waals surface area contributed by atoms with Crippen molar-refractivity contribution in [1.29, 1.82) is 0 Å². The summed E-state index contributed by atoms with van der Waals surface area (Å²) in [4.78, 5) is 34.5. The van der Waals surface area contributed by atoms with Crippen LogP contribution in [0.5, 0.6) is 0 Å². The third-order valence-corrected chi connectivity index (χ3v) is 2.40. The Morgan fingerprint density at radius 3 is 2.28 bits per heavy atom. The van der Waals surface area contributed by atoms with Gasteiger partial charge in [-0.3, -0.25) is 4.79 Å². The first-order valence-corrected chi connectivity index (χ1v) is 5.88. The molecule has 1 amide bonds. The van der Waals surface area contributed by atoms with Gasteiger partial charge >= 0.3 is 12.1 Å². The summed E-state index contributed by atoms with van der Waals surface area (Å²) in [5.41, 5.74) is -1.90. The number of ketones is 1. The lowest BCUT2D eigenvalue weighted by molar-refractivity contribution is -0.159. The first-order valence-electron chi connectivity index (χ1n) is 5.88. The largest absolute Gasteiger partial charge is 0.464 e. The van der Waals surface area contributed by atoms with E-state index in [1.165, 1.54) is 0 Å². The number of hydrogen-bond acceptors (Lipinski definition) is 5. The fraction of sp³-hybridized carbons (Fsp3) is 0.750. The standard InChI is InChI=1S/C12H19NO5/c1-5-17-9(15)12(6-8(14)7-12)13-10(16)18-11(2,3)4/h5-7H2,1-4H3,(H,13,16). The SMILES string of the molecule is CCOC(=O)C1(NC(=O)OC(C)(C)C)CC(=O)C1. The first-order chi connectivity index (χ1) is 8.18. The van der Waals surface area contributed by atoms with Crippen LogP contribution in [0, 0.1) is 0 Å². The van der Waals surface area contributed by atoms with E-state index in [1.807, 2.05) is 0 Å². The molecule has 0 unspecified atom stereocenters. The Labute approximate surface area is 106 Å². The zero-order chi connectivity index (χ0) is 14.0. The highest BCUT2D eigenvalue weighted by Crippen LogP contribution is 2.30. The number of Topliss-reactive ketones (excluding diaryl/α,β-unsaturated/α-hetero) is 1. The molecule has 1 aliphatic rings. The molecule has 1 aliphatic carbocycles. The van der Waals surface area contributed by atoms with E-state index in [4.69, 9.17) is 9.47 Å². The molecule has 0 radical (unpaired) electrons. The Morgan fingerprint density at radius 1 is 1.33 bits per heavy atom. The van der Waals surface area contributed by atoms with Gasteiger partial charge in [0, 0.05) is 12.8 Å². The number of esters is 1. The Balaban J connectivity index is 2.67. The molecule has 0 aromatic carbocycles. The van der Waals surface area contributed by atoms with Crippen LogP contribution in [0.15, 0.2) is 0 Å². The van der Waals surface area contributed by atoms with Crippen LogP contribution >= 0.6 is 0 Å². The third kappa shape index (κ3) is 3.45. The van der Waals surface area contributed by atoms with Crippen LogP contribution < -0.4 is 5.32 Å². The summed E-state index contributed by atoms with van der Waals surface area (Å²) in [7, 11) is 0. The minimum Gasteiger partial charge on any atom is -0.464 e. The van der Waals surface area contributed by atoms with Crippen LogP contribution in [0.3, 0.4) is 0 Å². The fourth-order valence-corrected chi connectivity index (χ4v) is 1.67. The molecule has 0 aromatic rings. The van der Waals surface area contributed by atoms with Crippen LogP contribution in [0.1, 0.15) is 40.5 Å². The molecule has 0 aromatic heterocycles. The lowest BCUT2D eigenvalue weighted by atomic mass is 9.75. The lowest BCUT2D eigenvalue weighted by Gasteiger charge is -2.38. The molecule has 0 spiro atoms. The maximum absolute atomic E-state index is 11.7. The molecule has 1 saturated carbocycles. The molecule has 1 rings (SSSR count). The van der Waals surface area contributed by atoms with Crippen molar-refractivity contribution in [2.45, 2.75) is 51.7 Å². The van der Waals surface area contributed by atoms with E-state index in [9.17, 15) is 14.4 Å². The molecule has 1 N–H and O–H groups in total. The summed E-state index contributed by atoms with van der Waals surface area (Å²) in [6, 6.07) is 0. The molecule has 0 bridgehead atoms. The lowest BCUT2D eigenvalue weighted by Crippen LogP contribution is -2.64. The number of nitrogens with one attached hydrogen (secondary N) is 1. The van der Waals surface area contributed by atoms with Crippen molar-refractivity contribution in [1.82, 2.24) is 5.32 Å². The van der Waals surface area contributed by atoms with Crippen LogP contribution in [0.2, 0.25) is 0 Å². The molecule has 0 saturated heterocycles. The van der Waals surface area contributed by atoms with Crippen molar-refractivity contribution in [2.24, 2.45) is 0 Å². The second-order valence-electron chi connectivity index (χ2n) is 5.32. The minimum absolute atomic E-state index is 0.0366. The fourth-order valence-electron chi connectivity index (χ4n) is 1.67. The van der Waals surface area contributed by atoms with E-state index in [0.29, 0.717) is 0 Å². The molecule has 1 fully saturated rings. The Bertz CT molecular complexity index is 361. The van der Waals surface area contributed by atoms with E-state index in [0.717, 1.165) is 0 Å². The van der Waals surface area contributed by atoms with E-state index in [2.05, 4.69) is 5.32 Å². The van der Waals surface area contributed by atoms with E-state index in [1.54, 1.807) is 27.7 Å². The maximum Gasteiger partial charge on any atom is 0.408 e. The molecule has 18 heavy (non-hydrogen) atoms. The van der Waals surface area contributed by atoms with Crippen LogP contribution in [-0.4, -0.2) is 35.6 Å². The number of rotatable bonds is 3. The molecular formula is C12H19NO5. The summed E-state index contributed by atoms with van der Waals surface area (Å²) >= 11 is 0. The van der Waals surface area contributed by atoms with Gasteiger partial charge in [-0.05, 0) is 27.7 Å². The van der Waals surface area contributed by atoms with Gasteiger partial charge in [0.2, 0.25) is 0 Å². The predicted molar refractivity (Wildman–Crippen MR) is 63.0 cm³/mol. The number of hydrogen-bond donors (Lipinski definition) is 1. The average Bonchev–Trinajstić information content (AvgIpc) is 2.11. The Morgan fingerprint density at radius 2 is 1.89 bits per heavy atom. The van der Waals surface area contributed by atoms with Crippen molar-refractivity contribution in [3.8, 4) is 0 Å².